The smallest absolute Gasteiger partial charge is 0.262 e. The van der Waals surface area contributed by atoms with Gasteiger partial charge in [0.05, 0.1) is 11.0 Å². The first-order valence-electron chi connectivity index (χ1n) is 5.22. The summed E-state index contributed by atoms with van der Waals surface area (Å²) in [5.41, 5.74) is 0. The van der Waals surface area contributed by atoms with Crippen molar-refractivity contribution in [1.29, 1.82) is 0 Å². The molecule has 17 heavy (non-hydrogen) atoms. The number of hydrogen-bond donors (Lipinski definition) is 2. The van der Waals surface area contributed by atoms with Crippen molar-refractivity contribution in [2.75, 3.05) is 13.1 Å². The van der Waals surface area contributed by atoms with Gasteiger partial charge in [0.15, 0.2) is 0 Å². The van der Waals surface area contributed by atoms with E-state index < -0.39 is 15.8 Å². The Morgan fingerprint density at radius 2 is 2.06 bits per heavy atom. The molecular formula is C10H13FN2O3S. The van der Waals surface area contributed by atoms with Crippen molar-refractivity contribution in [3.8, 4) is 0 Å². The van der Waals surface area contributed by atoms with E-state index in [0.29, 0.717) is 6.54 Å². The fourth-order valence-corrected chi connectivity index (χ4v) is 2.38. The minimum absolute atomic E-state index is 0.0233. The highest BCUT2D eigenvalue weighted by molar-refractivity contribution is 7.89. The molecule has 0 amide bonds. The van der Waals surface area contributed by atoms with Crippen molar-refractivity contribution in [3.63, 3.8) is 0 Å². The Bertz CT molecular complexity index is 469. The Hall–Kier alpha value is -1.02. The van der Waals surface area contributed by atoms with E-state index in [1.807, 2.05) is 4.89 Å². The summed E-state index contributed by atoms with van der Waals surface area (Å²) in [7, 11) is -3.73. The summed E-state index contributed by atoms with van der Waals surface area (Å²) in [6, 6.07) is 4.55. The van der Waals surface area contributed by atoms with Gasteiger partial charge in [-0.05, 0) is 37.2 Å². The zero-order chi connectivity index (χ0) is 12.3. The van der Waals surface area contributed by atoms with Crippen LogP contribution in [0.25, 0.3) is 0 Å². The van der Waals surface area contributed by atoms with E-state index >= 15 is 0 Å². The van der Waals surface area contributed by atoms with Crippen LogP contribution in [0, 0.1) is 5.82 Å². The molecule has 0 spiro atoms. The Balaban J connectivity index is 2.00. The van der Waals surface area contributed by atoms with E-state index in [0.717, 1.165) is 25.1 Å². The van der Waals surface area contributed by atoms with Crippen LogP contribution in [0.2, 0.25) is 0 Å². The molecule has 1 aliphatic heterocycles. The summed E-state index contributed by atoms with van der Waals surface area (Å²) in [4.78, 5) is 7.08. The minimum Gasteiger partial charge on any atom is -0.314 e. The lowest BCUT2D eigenvalue weighted by molar-refractivity contribution is 0.0303. The summed E-state index contributed by atoms with van der Waals surface area (Å²) in [5.74, 6) is -0.482. The Kier molecular flexibility index (Phi) is 3.72. The van der Waals surface area contributed by atoms with Crippen LogP contribution in [-0.2, 0) is 14.9 Å². The Labute approximate surface area is 99.0 Å². The maximum Gasteiger partial charge on any atom is 0.262 e. The van der Waals surface area contributed by atoms with E-state index in [1.165, 1.54) is 12.1 Å². The van der Waals surface area contributed by atoms with Crippen LogP contribution < -0.4 is 10.2 Å². The highest BCUT2D eigenvalue weighted by Gasteiger charge is 2.20. The van der Waals surface area contributed by atoms with Gasteiger partial charge in [-0.3, -0.25) is 4.84 Å². The fourth-order valence-electron chi connectivity index (χ4n) is 1.52. The molecule has 1 saturated heterocycles. The molecule has 1 heterocycles. The van der Waals surface area contributed by atoms with Gasteiger partial charge in [-0.15, -0.1) is 0 Å². The second kappa shape index (κ2) is 5.09. The molecule has 5 nitrogen and oxygen atoms in total. The van der Waals surface area contributed by atoms with Crippen LogP contribution >= 0.6 is 0 Å². The quantitative estimate of drug-likeness (QED) is 0.769. The lowest BCUT2D eigenvalue weighted by Gasteiger charge is -2.11. The monoisotopic (exact) mass is 260 g/mol. The number of halogens is 1. The second-order valence-corrected chi connectivity index (χ2v) is 5.42. The van der Waals surface area contributed by atoms with Gasteiger partial charge in [0.2, 0.25) is 0 Å². The molecule has 1 atom stereocenters. The summed E-state index contributed by atoms with van der Waals surface area (Å²) < 4.78 is 36.1. The molecule has 1 aromatic carbocycles. The largest absolute Gasteiger partial charge is 0.314 e. The summed E-state index contributed by atoms with van der Waals surface area (Å²) in [6.45, 7) is 1.43. The molecule has 0 radical (unpaired) electrons. The standard InChI is InChI=1S/C10H13FN2O3S/c11-8-1-3-10(4-2-8)17(14,15)13-16-9-5-6-12-7-9/h1-4,9,12-13H,5-7H2. The van der Waals surface area contributed by atoms with Crippen molar-refractivity contribution in [1.82, 2.24) is 10.2 Å². The molecule has 94 valence electrons. The zero-order valence-corrected chi connectivity index (χ0v) is 9.84. The van der Waals surface area contributed by atoms with Gasteiger partial charge in [-0.1, -0.05) is 4.89 Å². The van der Waals surface area contributed by atoms with Gasteiger partial charge in [-0.2, -0.15) is 0 Å². The predicted octanol–water partition coefficient (Wildman–Crippen LogP) is 0.397. The topological polar surface area (TPSA) is 67.4 Å². The van der Waals surface area contributed by atoms with Crippen LogP contribution in [0.1, 0.15) is 6.42 Å². The van der Waals surface area contributed by atoms with E-state index in [4.69, 9.17) is 4.84 Å². The molecule has 7 heteroatoms. The number of benzene rings is 1. The molecule has 1 unspecified atom stereocenters. The zero-order valence-electron chi connectivity index (χ0n) is 9.02. The maximum atomic E-state index is 12.7. The van der Waals surface area contributed by atoms with Crippen LogP contribution in [0.15, 0.2) is 29.2 Å². The maximum absolute atomic E-state index is 12.7. The van der Waals surface area contributed by atoms with Gasteiger partial charge >= 0.3 is 0 Å². The predicted molar refractivity (Wildman–Crippen MR) is 59.1 cm³/mol. The van der Waals surface area contributed by atoms with Crippen molar-refractivity contribution in [3.05, 3.63) is 30.1 Å². The first-order chi connectivity index (χ1) is 8.08. The number of nitrogens with one attached hydrogen (secondary N) is 2. The lowest BCUT2D eigenvalue weighted by atomic mass is 10.3. The average molecular weight is 260 g/mol. The van der Waals surface area contributed by atoms with Gasteiger partial charge in [-0.25, -0.2) is 12.8 Å². The van der Waals surface area contributed by atoms with Crippen molar-refractivity contribution in [2.45, 2.75) is 17.4 Å². The highest BCUT2D eigenvalue weighted by Crippen LogP contribution is 2.10. The summed E-state index contributed by atoms with van der Waals surface area (Å²) in [6.07, 6.45) is 0.594. The lowest BCUT2D eigenvalue weighted by Crippen LogP contribution is -2.30. The number of sulfonamides is 1. The Morgan fingerprint density at radius 3 is 2.65 bits per heavy atom. The van der Waals surface area contributed by atoms with Crippen LogP contribution in [0.4, 0.5) is 4.39 Å². The summed E-state index contributed by atoms with van der Waals surface area (Å²) in [5, 5.41) is 3.05. The van der Waals surface area contributed by atoms with Gasteiger partial charge in [0.1, 0.15) is 5.82 Å². The first-order valence-corrected chi connectivity index (χ1v) is 6.70. The van der Waals surface area contributed by atoms with Gasteiger partial charge in [0, 0.05) is 6.54 Å². The van der Waals surface area contributed by atoms with Crippen LogP contribution in [0.5, 0.6) is 0 Å². The molecule has 0 bridgehead atoms. The average Bonchev–Trinajstić information content (AvgIpc) is 2.80. The van der Waals surface area contributed by atoms with Crippen molar-refractivity contribution >= 4 is 10.0 Å². The number of hydrogen-bond acceptors (Lipinski definition) is 4. The highest BCUT2D eigenvalue weighted by atomic mass is 32.2. The first kappa shape index (κ1) is 12.4. The third kappa shape index (κ3) is 3.22. The molecular weight excluding hydrogens is 247 g/mol. The SMILES string of the molecule is O=S(=O)(NOC1CCNC1)c1ccc(F)cc1. The van der Waals surface area contributed by atoms with E-state index in [2.05, 4.69) is 5.32 Å². The molecule has 0 aromatic heterocycles. The number of rotatable bonds is 4. The molecule has 1 aliphatic rings. The molecule has 1 fully saturated rings. The van der Waals surface area contributed by atoms with E-state index in [9.17, 15) is 12.8 Å². The molecule has 2 rings (SSSR count). The van der Waals surface area contributed by atoms with Crippen LogP contribution in [0.3, 0.4) is 0 Å². The molecule has 0 aliphatic carbocycles. The van der Waals surface area contributed by atoms with E-state index in [-0.39, 0.29) is 11.0 Å². The summed E-state index contributed by atoms with van der Waals surface area (Å²) >= 11 is 0. The third-order valence-corrected chi connectivity index (χ3v) is 3.67. The van der Waals surface area contributed by atoms with Crippen LogP contribution in [-0.4, -0.2) is 27.6 Å². The molecule has 0 saturated carbocycles. The minimum atomic E-state index is -3.73. The molecule has 2 N–H and O–H groups in total. The third-order valence-electron chi connectivity index (χ3n) is 2.46. The van der Waals surface area contributed by atoms with Gasteiger partial charge < -0.3 is 5.32 Å². The van der Waals surface area contributed by atoms with Crippen molar-refractivity contribution < 1.29 is 17.6 Å². The normalized spacial score (nSPS) is 20.6. The second-order valence-electron chi connectivity index (χ2n) is 3.77. The van der Waals surface area contributed by atoms with Gasteiger partial charge in [0.25, 0.3) is 10.0 Å². The molecule has 1 aromatic rings. The Morgan fingerprint density at radius 1 is 1.35 bits per heavy atom. The fraction of sp³-hybridized carbons (Fsp3) is 0.400. The van der Waals surface area contributed by atoms with E-state index in [1.54, 1.807) is 0 Å². The van der Waals surface area contributed by atoms with Crippen molar-refractivity contribution in [2.24, 2.45) is 0 Å².